The number of likely N-dealkylation sites (tertiary alicyclic amines) is 1. The number of carbonyl (C=O) groups is 1. The number of carbonyl (C=O) groups excluding carboxylic acids is 1. The van der Waals surface area contributed by atoms with Crippen molar-refractivity contribution in [1.82, 2.24) is 4.90 Å². The summed E-state index contributed by atoms with van der Waals surface area (Å²) in [5.41, 5.74) is -0.385. The van der Waals surface area contributed by atoms with E-state index in [1.54, 1.807) is 4.90 Å². The van der Waals surface area contributed by atoms with Crippen molar-refractivity contribution in [2.45, 2.75) is 38.8 Å². The number of alkyl halides is 1. The minimum absolute atomic E-state index is 0.191. The van der Waals surface area contributed by atoms with Crippen LogP contribution >= 0.6 is 15.9 Å². The van der Waals surface area contributed by atoms with Gasteiger partial charge in [0.1, 0.15) is 5.60 Å². The number of nitrogens with zero attached hydrogens (tertiary/aromatic N) is 1. The Morgan fingerprint density at radius 1 is 1.62 bits per heavy atom. The molecule has 1 rings (SSSR count). The normalized spacial score (nSPS) is 22.5. The summed E-state index contributed by atoms with van der Waals surface area (Å²) in [4.78, 5) is 13.3. The zero-order chi connectivity index (χ0) is 10.1. The van der Waals surface area contributed by atoms with Crippen LogP contribution in [0, 0.1) is 0 Å². The fourth-order valence-corrected chi connectivity index (χ4v) is 1.84. The molecule has 0 aromatic carbocycles. The van der Waals surface area contributed by atoms with E-state index in [0.29, 0.717) is 6.04 Å². The molecule has 0 spiro atoms. The van der Waals surface area contributed by atoms with E-state index in [1.165, 1.54) is 0 Å². The van der Waals surface area contributed by atoms with Crippen molar-refractivity contribution in [2.75, 3.05) is 11.9 Å². The maximum atomic E-state index is 11.5. The molecule has 13 heavy (non-hydrogen) atoms. The number of ether oxygens (including phenoxy) is 1. The van der Waals surface area contributed by atoms with Gasteiger partial charge in [-0.1, -0.05) is 15.9 Å². The molecule has 1 atom stereocenters. The van der Waals surface area contributed by atoms with Gasteiger partial charge in [-0.05, 0) is 27.2 Å². The molecule has 1 aliphatic rings. The van der Waals surface area contributed by atoms with Crippen molar-refractivity contribution in [1.29, 1.82) is 0 Å². The van der Waals surface area contributed by atoms with Gasteiger partial charge in [-0.15, -0.1) is 0 Å². The van der Waals surface area contributed by atoms with Gasteiger partial charge in [0, 0.05) is 17.9 Å². The SMILES string of the molecule is CC(C)(C)OC(=O)N1CCC1CBr. The zero-order valence-corrected chi connectivity index (χ0v) is 9.93. The van der Waals surface area contributed by atoms with Gasteiger partial charge in [0.05, 0.1) is 0 Å². The average molecular weight is 250 g/mol. The highest BCUT2D eigenvalue weighted by Gasteiger charge is 2.34. The van der Waals surface area contributed by atoms with Crippen LogP contribution in [0.1, 0.15) is 27.2 Å². The second-order valence-corrected chi connectivity index (χ2v) is 4.92. The Hall–Kier alpha value is -0.250. The van der Waals surface area contributed by atoms with Crippen LogP contribution in [0.25, 0.3) is 0 Å². The minimum atomic E-state index is -0.385. The number of rotatable bonds is 1. The monoisotopic (exact) mass is 249 g/mol. The molecule has 0 bridgehead atoms. The number of amides is 1. The van der Waals surface area contributed by atoms with Gasteiger partial charge in [0.15, 0.2) is 0 Å². The van der Waals surface area contributed by atoms with E-state index in [1.807, 2.05) is 20.8 Å². The van der Waals surface area contributed by atoms with Gasteiger partial charge < -0.3 is 9.64 Å². The summed E-state index contributed by atoms with van der Waals surface area (Å²) in [6.45, 7) is 6.47. The smallest absolute Gasteiger partial charge is 0.410 e. The lowest BCUT2D eigenvalue weighted by Gasteiger charge is -2.40. The van der Waals surface area contributed by atoms with Crippen molar-refractivity contribution >= 4 is 22.0 Å². The second-order valence-electron chi connectivity index (χ2n) is 4.27. The van der Waals surface area contributed by atoms with Crippen LogP contribution in [-0.2, 0) is 4.74 Å². The van der Waals surface area contributed by atoms with Crippen molar-refractivity contribution in [3.8, 4) is 0 Å². The van der Waals surface area contributed by atoms with Crippen LogP contribution in [0.5, 0.6) is 0 Å². The summed E-state index contributed by atoms with van der Waals surface area (Å²) in [6, 6.07) is 0.329. The molecule has 0 aromatic heterocycles. The number of halogens is 1. The Bertz CT molecular complexity index is 198. The molecule has 1 aliphatic heterocycles. The van der Waals surface area contributed by atoms with E-state index < -0.39 is 0 Å². The molecule has 4 heteroatoms. The van der Waals surface area contributed by atoms with E-state index in [4.69, 9.17) is 4.74 Å². The van der Waals surface area contributed by atoms with Gasteiger partial charge >= 0.3 is 6.09 Å². The van der Waals surface area contributed by atoms with Gasteiger partial charge in [0.2, 0.25) is 0 Å². The van der Waals surface area contributed by atoms with Crippen LogP contribution in [0.15, 0.2) is 0 Å². The molecule has 1 heterocycles. The molecule has 1 amide bonds. The van der Waals surface area contributed by atoms with E-state index >= 15 is 0 Å². The quantitative estimate of drug-likeness (QED) is 0.669. The third-order valence-corrected chi connectivity index (χ3v) is 2.70. The Morgan fingerprint density at radius 2 is 2.23 bits per heavy atom. The summed E-state index contributed by atoms with van der Waals surface area (Å²) in [6.07, 6.45) is 0.882. The van der Waals surface area contributed by atoms with E-state index in [-0.39, 0.29) is 11.7 Å². The van der Waals surface area contributed by atoms with Crippen molar-refractivity contribution < 1.29 is 9.53 Å². The first-order valence-corrected chi connectivity index (χ1v) is 5.62. The Kier molecular flexibility index (Phi) is 3.22. The molecule has 0 N–H and O–H groups in total. The summed E-state index contributed by atoms with van der Waals surface area (Å²) in [5.74, 6) is 0. The molecular formula is C9H16BrNO2. The molecule has 1 fully saturated rings. The topological polar surface area (TPSA) is 29.5 Å². The minimum Gasteiger partial charge on any atom is -0.444 e. The molecule has 1 unspecified atom stereocenters. The highest BCUT2D eigenvalue weighted by Crippen LogP contribution is 2.22. The van der Waals surface area contributed by atoms with Gasteiger partial charge in [-0.2, -0.15) is 0 Å². The van der Waals surface area contributed by atoms with Crippen LogP contribution in [-0.4, -0.2) is 34.5 Å². The number of hydrogen-bond donors (Lipinski definition) is 0. The number of hydrogen-bond acceptors (Lipinski definition) is 2. The summed E-state index contributed by atoms with van der Waals surface area (Å²) in [7, 11) is 0. The van der Waals surface area contributed by atoms with Crippen LogP contribution in [0.4, 0.5) is 4.79 Å². The summed E-state index contributed by atoms with van der Waals surface area (Å²) >= 11 is 3.37. The van der Waals surface area contributed by atoms with E-state index in [0.717, 1.165) is 18.3 Å². The first-order chi connectivity index (χ1) is 5.94. The van der Waals surface area contributed by atoms with Gasteiger partial charge in [-0.3, -0.25) is 0 Å². The van der Waals surface area contributed by atoms with Crippen molar-refractivity contribution in [3.63, 3.8) is 0 Å². The first-order valence-electron chi connectivity index (χ1n) is 4.49. The fraction of sp³-hybridized carbons (Fsp3) is 0.889. The fourth-order valence-electron chi connectivity index (χ4n) is 1.16. The first kappa shape index (κ1) is 10.8. The highest BCUT2D eigenvalue weighted by molar-refractivity contribution is 9.09. The third-order valence-electron chi connectivity index (χ3n) is 1.95. The largest absolute Gasteiger partial charge is 0.444 e. The molecule has 0 saturated carbocycles. The Morgan fingerprint density at radius 3 is 2.54 bits per heavy atom. The average Bonchev–Trinajstić information content (AvgIpc) is 1.80. The van der Waals surface area contributed by atoms with Crippen LogP contribution in [0.2, 0.25) is 0 Å². The predicted molar refractivity (Wildman–Crippen MR) is 55.1 cm³/mol. The third kappa shape index (κ3) is 2.86. The molecule has 0 aliphatic carbocycles. The van der Waals surface area contributed by atoms with E-state index in [2.05, 4.69) is 15.9 Å². The maximum Gasteiger partial charge on any atom is 0.410 e. The molecule has 76 valence electrons. The Balaban J connectivity index is 2.40. The Labute approximate surface area is 87.6 Å². The molecule has 0 radical (unpaired) electrons. The van der Waals surface area contributed by atoms with Crippen LogP contribution < -0.4 is 0 Å². The zero-order valence-electron chi connectivity index (χ0n) is 8.34. The predicted octanol–water partition coefficient (Wildman–Crippen LogP) is 2.39. The molecule has 0 aromatic rings. The maximum absolute atomic E-state index is 11.5. The highest BCUT2D eigenvalue weighted by atomic mass is 79.9. The van der Waals surface area contributed by atoms with Crippen LogP contribution in [0.3, 0.4) is 0 Å². The molecule has 3 nitrogen and oxygen atoms in total. The summed E-state index contributed by atoms with van der Waals surface area (Å²) < 4.78 is 5.24. The molecular weight excluding hydrogens is 234 g/mol. The van der Waals surface area contributed by atoms with Gasteiger partial charge in [0.25, 0.3) is 0 Å². The van der Waals surface area contributed by atoms with E-state index in [9.17, 15) is 4.79 Å². The molecule has 1 saturated heterocycles. The second kappa shape index (κ2) is 3.86. The van der Waals surface area contributed by atoms with Gasteiger partial charge in [-0.25, -0.2) is 4.79 Å². The van der Waals surface area contributed by atoms with Crippen molar-refractivity contribution in [2.24, 2.45) is 0 Å². The summed E-state index contributed by atoms with van der Waals surface area (Å²) in [5, 5.41) is 0.840. The lowest BCUT2D eigenvalue weighted by atomic mass is 10.1. The lowest BCUT2D eigenvalue weighted by Crippen LogP contribution is -2.53. The van der Waals surface area contributed by atoms with Crippen molar-refractivity contribution in [3.05, 3.63) is 0 Å². The lowest BCUT2D eigenvalue weighted by molar-refractivity contribution is -0.000736. The standard InChI is InChI=1S/C9H16BrNO2/c1-9(2,3)13-8(12)11-5-4-7(11)6-10/h7H,4-6H2,1-3H3.